The molecule has 0 unspecified atom stereocenters. The molecule has 246 valence electrons. The molecule has 0 heterocycles. The van der Waals surface area contributed by atoms with Crippen LogP contribution in [-0.2, 0) is 30.4 Å². The summed E-state index contributed by atoms with van der Waals surface area (Å²) in [4.78, 5) is 8.85. The molecule has 0 bridgehead atoms. The van der Waals surface area contributed by atoms with Crippen LogP contribution in [-0.4, -0.2) is 34.7 Å². The Bertz CT molecular complexity index is 1900. The third kappa shape index (κ3) is 7.83. The predicted molar refractivity (Wildman–Crippen MR) is 168 cm³/mol. The van der Waals surface area contributed by atoms with Crippen LogP contribution in [0.2, 0.25) is 0 Å². The summed E-state index contributed by atoms with van der Waals surface area (Å²) < 4.78 is 99.1. The van der Waals surface area contributed by atoms with Crippen LogP contribution in [0.15, 0.2) is 63.2 Å². The lowest BCUT2D eigenvalue weighted by atomic mass is 9.89. The van der Waals surface area contributed by atoms with E-state index in [0.717, 1.165) is 11.1 Å². The normalized spacial score (nSPS) is 12.7. The third-order valence-corrected chi connectivity index (χ3v) is 10.6. The van der Waals surface area contributed by atoms with Gasteiger partial charge in [-0.25, -0.2) is 0 Å². The molecule has 0 aliphatic heterocycles. The van der Waals surface area contributed by atoms with Gasteiger partial charge in [0.2, 0.25) is 0 Å². The smallest absolute Gasteiger partial charge is 0.339 e. The van der Waals surface area contributed by atoms with Crippen LogP contribution >= 0.6 is 0 Å². The summed E-state index contributed by atoms with van der Waals surface area (Å²) in [5.74, 6) is -2.88. The van der Waals surface area contributed by atoms with Crippen molar-refractivity contribution in [2.75, 3.05) is 0 Å². The van der Waals surface area contributed by atoms with E-state index in [-0.39, 0.29) is 28.6 Å². The lowest BCUT2D eigenvalue weighted by Crippen LogP contribution is -2.19. The first-order valence-electron chi connectivity index (χ1n) is 14.0. The molecular formula is C30H37NO11S3. The van der Waals surface area contributed by atoms with Gasteiger partial charge in [-0.3, -0.25) is 14.7 Å². The maximum atomic E-state index is 14.0. The Kier molecular flexibility index (Phi) is 10.4. The summed E-state index contributed by atoms with van der Waals surface area (Å²) >= 11 is 0. The van der Waals surface area contributed by atoms with Crippen LogP contribution < -0.4 is 8.37 Å². The largest absolute Gasteiger partial charge is 0.375 e. The van der Waals surface area contributed by atoms with Crippen LogP contribution in [0.1, 0.15) is 101 Å². The lowest BCUT2D eigenvalue weighted by molar-refractivity contribution is -0.388. The number of hydrogen-bond acceptors (Lipinski definition) is 10. The van der Waals surface area contributed by atoms with E-state index in [0.29, 0.717) is 23.3 Å². The summed E-state index contributed by atoms with van der Waals surface area (Å²) in [5, 5.41) is 12.2. The van der Waals surface area contributed by atoms with Gasteiger partial charge in [0.25, 0.3) is 5.75 Å². The Morgan fingerprint density at radius 1 is 0.667 bits per heavy atom. The van der Waals surface area contributed by atoms with Crippen molar-refractivity contribution in [3.05, 3.63) is 80.9 Å². The molecule has 0 fully saturated rings. The number of nitrogens with zero attached hydrogens (tertiary/aromatic N) is 1. The van der Waals surface area contributed by atoms with Gasteiger partial charge in [-0.1, -0.05) is 79.7 Å². The van der Waals surface area contributed by atoms with Gasteiger partial charge < -0.3 is 8.37 Å². The molecule has 45 heavy (non-hydrogen) atoms. The minimum atomic E-state index is -5.32. The van der Waals surface area contributed by atoms with Crippen molar-refractivity contribution >= 4 is 36.0 Å². The van der Waals surface area contributed by atoms with E-state index in [4.69, 9.17) is 8.37 Å². The Morgan fingerprint density at radius 3 is 1.56 bits per heavy atom. The Labute approximate surface area is 264 Å². The van der Waals surface area contributed by atoms with E-state index in [1.165, 1.54) is 24.3 Å². The Balaban J connectivity index is 2.34. The fourth-order valence-electron chi connectivity index (χ4n) is 4.58. The monoisotopic (exact) mass is 683 g/mol. The number of nitro groups is 1. The van der Waals surface area contributed by atoms with Crippen molar-refractivity contribution in [2.45, 2.75) is 93.7 Å². The summed E-state index contributed by atoms with van der Waals surface area (Å²) in [7, 11) is -15.1. The minimum Gasteiger partial charge on any atom is -0.375 e. The zero-order valence-electron chi connectivity index (χ0n) is 26.1. The first kappa shape index (κ1) is 35.9. The molecule has 0 saturated heterocycles. The van der Waals surface area contributed by atoms with Gasteiger partial charge in [-0.05, 0) is 70.2 Å². The summed E-state index contributed by atoms with van der Waals surface area (Å²) in [6.45, 7) is 14.8. The first-order chi connectivity index (χ1) is 20.6. The molecule has 12 nitrogen and oxygen atoms in total. The molecule has 0 spiro atoms. The number of hydrogen-bond donors (Lipinski definition) is 1. The topological polar surface area (TPSA) is 184 Å². The molecule has 0 saturated carbocycles. The predicted octanol–water partition coefficient (Wildman–Crippen LogP) is 6.87. The van der Waals surface area contributed by atoms with Gasteiger partial charge in [0, 0.05) is 0 Å². The fourth-order valence-corrected chi connectivity index (χ4v) is 7.79. The molecule has 3 aromatic rings. The minimum absolute atomic E-state index is 0.0430. The highest BCUT2D eigenvalue weighted by molar-refractivity contribution is 7.87. The Morgan fingerprint density at radius 2 is 1.16 bits per heavy atom. The van der Waals surface area contributed by atoms with E-state index in [2.05, 4.69) is 0 Å². The quantitative estimate of drug-likeness (QED) is 0.0909. The molecule has 0 amide bonds. The molecule has 3 rings (SSSR count). The second kappa shape index (κ2) is 13.1. The third-order valence-electron chi connectivity index (χ3n) is 7.08. The van der Waals surface area contributed by atoms with Crippen molar-refractivity contribution in [2.24, 2.45) is 0 Å². The Hall–Kier alpha value is -3.53. The van der Waals surface area contributed by atoms with Gasteiger partial charge in [-0.2, -0.15) is 25.3 Å². The average Bonchev–Trinajstić information content (AvgIpc) is 2.91. The van der Waals surface area contributed by atoms with Crippen LogP contribution in [0, 0.1) is 10.1 Å². The second-order valence-electron chi connectivity index (χ2n) is 11.8. The lowest BCUT2D eigenvalue weighted by Gasteiger charge is -2.23. The van der Waals surface area contributed by atoms with E-state index >= 15 is 0 Å². The highest BCUT2D eigenvalue weighted by atomic mass is 32.2. The molecular weight excluding hydrogens is 647 g/mol. The van der Waals surface area contributed by atoms with Crippen LogP contribution in [0.25, 0.3) is 0 Å². The van der Waals surface area contributed by atoms with Gasteiger partial charge in [-0.15, -0.1) is 0 Å². The van der Waals surface area contributed by atoms with Crippen molar-refractivity contribution in [3.63, 3.8) is 0 Å². The molecule has 0 aliphatic rings. The number of rotatable bonds is 12. The molecule has 0 atom stereocenters. The molecule has 15 heteroatoms. The van der Waals surface area contributed by atoms with Gasteiger partial charge in [0.1, 0.15) is 9.79 Å². The number of benzene rings is 3. The molecule has 0 aliphatic carbocycles. The molecule has 3 aromatic carbocycles. The second-order valence-corrected chi connectivity index (χ2v) is 16.2. The number of nitro benzene ring substituents is 1. The van der Waals surface area contributed by atoms with Crippen molar-refractivity contribution < 1.29 is 43.1 Å². The van der Waals surface area contributed by atoms with Gasteiger partial charge in [0.05, 0.1) is 4.92 Å². The highest BCUT2D eigenvalue weighted by Crippen LogP contribution is 2.45. The SMILES string of the molecule is CC(C)c1ccc(S(=O)(=O)Oc2c(OS(=O)(=O)c3c(C(C)C)cc(C(C)C)cc3C(C)C)ccc(S(=O)(=O)O)c2[N+](=O)[O-])cc1. The molecule has 0 radical (unpaired) electrons. The maximum Gasteiger partial charge on any atom is 0.339 e. The van der Waals surface area contributed by atoms with E-state index in [1.807, 2.05) is 27.7 Å². The van der Waals surface area contributed by atoms with Crippen molar-refractivity contribution in [1.82, 2.24) is 0 Å². The molecule has 0 aromatic heterocycles. The fraction of sp³-hybridized carbons (Fsp3) is 0.400. The van der Waals surface area contributed by atoms with Crippen LogP contribution in [0.3, 0.4) is 0 Å². The van der Waals surface area contributed by atoms with Crippen molar-refractivity contribution in [3.8, 4) is 11.5 Å². The zero-order valence-corrected chi connectivity index (χ0v) is 28.6. The van der Waals surface area contributed by atoms with Crippen LogP contribution in [0.4, 0.5) is 5.69 Å². The standard InChI is InChI=1S/C30H37NO11S3/c1-17(2)21-9-11-23(12-10-21)44(37,38)42-29-26(13-14-27(43(34,35)36)28(29)31(32)33)41-45(39,40)30-24(19(5)6)15-22(18(3)4)16-25(30)20(7)8/h9-20H,1-8H3,(H,34,35,36). The van der Waals surface area contributed by atoms with Gasteiger partial charge >= 0.3 is 36.0 Å². The first-order valence-corrected chi connectivity index (χ1v) is 18.3. The summed E-state index contributed by atoms with van der Waals surface area (Å²) in [6, 6.07) is 10.0. The highest BCUT2D eigenvalue weighted by Gasteiger charge is 2.38. The summed E-state index contributed by atoms with van der Waals surface area (Å²) in [6.07, 6.45) is 0. The van der Waals surface area contributed by atoms with E-state index in [1.54, 1.807) is 39.8 Å². The zero-order chi connectivity index (χ0) is 34.2. The maximum absolute atomic E-state index is 14.0. The van der Waals surface area contributed by atoms with Crippen molar-refractivity contribution in [1.29, 1.82) is 0 Å². The van der Waals surface area contributed by atoms with E-state index in [9.17, 15) is 39.9 Å². The van der Waals surface area contributed by atoms with E-state index < -0.39 is 62.3 Å². The van der Waals surface area contributed by atoms with Crippen LogP contribution in [0.5, 0.6) is 11.5 Å². The summed E-state index contributed by atoms with van der Waals surface area (Å²) in [5.41, 5.74) is 0.904. The molecule has 1 N–H and O–H groups in total. The van der Waals surface area contributed by atoms with Gasteiger partial charge in [0.15, 0.2) is 10.6 Å². The average molecular weight is 684 g/mol.